The fourth-order valence-electron chi connectivity index (χ4n) is 2.47. The summed E-state index contributed by atoms with van der Waals surface area (Å²) in [5.74, 6) is -0.00224. The number of non-ortho nitro benzene ring substituents is 1. The summed E-state index contributed by atoms with van der Waals surface area (Å²) in [5, 5.41) is 10.7. The van der Waals surface area contributed by atoms with Crippen molar-refractivity contribution in [2.75, 3.05) is 6.61 Å². The SMILES string of the molecule is Cc1ccc(C(=O)OCC(=O)c2ccc(Oc3ccc([N+](=O)[O-])cc3)cc2)cc1. The normalized spacial score (nSPS) is 10.2. The van der Waals surface area contributed by atoms with Gasteiger partial charge in [-0.15, -0.1) is 0 Å². The standard InChI is InChI=1S/C22H17NO6/c1-15-2-4-17(5-3-15)22(25)28-14-21(24)16-6-10-19(11-7-16)29-20-12-8-18(9-13-20)23(26)27/h2-13H,14H2,1H3. The van der Waals surface area contributed by atoms with Crippen LogP contribution >= 0.6 is 0 Å². The van der Waals surface area contributed by atoms with Gasteiger partial charge in [-0.3, -0.25) is 14.9 Å². The lowest BCUT2D eigenvalue weighted by atomic mass is 10.1. The number of carbonyl (C=O) groups excluding carboxylic acids is 2. The summed E-state index contributed by atoms with van der Waals surface area (Å²) in [7, 11) is 0. The maximum atomic E-state index is 12.2. The summed E-state index contributed by atoms with van der Waals surface area (Å²) in [6.07, 6.45) is 0. The van der Waals surface area contributed by atoms with E-state index in [0.29, 0.717) is 22.6 Å². The van der Waals surface area contributed by atoms with Crippen LogP contribution in [-0.2, 0) is 4.74 Å². The third-order valence-electron chi connectivity index (χ3n) is 4.08. The zero-order valence-electron chi connectivity index (χ0n) is 15.5. The van der Waals surface area contributed by atoms with Crippen molar-refractivity contribution in [3.8, 4) is 11.5 Å². The van der Waals surface area contributed by atoms with Crippen LogP contribution in [0.1, 0.15) is 26.3 Å². The van der Waals surface area contributed by atoms with Crippen molar-refractivity contribution >= 4 is 17.4 Å². The molecular formula is C22H17NO6. The van der Waals surface area contributed by atoms with Crippen molar-refractivity contribution in [1.29, 1.82) is 0 Å². The molecule has 0 aliphatic rings. The van der Waals surface area contributed by atoms with Crippen LogP contribution in [0.2, 0.25) is 0 Å². The number of nitro groups is 1. The van der Waals surface area contributed by atoms with Gasteiger partial charge >= 0.3 is 5.97 Å². The summed E-state index contributed by atoms with van der Waals surface area (Å²) in [5.41, 5.74) is 1.75. The van der Waals surface area contributed by atoms with Crippen molar-refractivity contribution in [3.63, 3.8) is 0 Å². The highest BCUT2D eigenvalue weighted by Gasteiger charge is 2.12. The largest absolute Gasteiger partial charge is 0.457 e. The molecule has 0 unspecified atom stereocenters. The minimum Gasteiger partial charge on any atom is -0.457 e. The second kappa shape index (κ2) is 8.79. The number of esters is 1. The van der Waals surface area contributed by atoms with Crippen molar-refractivity contribution in [2.45, 2.75) is 6.92 Å². The number of hydrogen-bond acceptors (Lipinski definition) is 6. The summed E-state index contributed by atoms with van der Waals surface area (Å²) in [4.78, 5) is 34.4. The van der Waals surface area contributed by atoms with Gasteiger partial charge in [0.2, 0.25) is 0 Å². The molecule has 3 aromatic rings. The van der Waals surface area contributed by atoms with Crippen LogP contribution in [0.4, 0.5) is 5.69 Å². The Morgan fingerprint density at radius 3 is 1.90 bits per heavy atom. The van der Waals surface area contributed by atoms with Crippen molar-refractivity contribution in [3.05, 3.63) is 99.6 Å². The van der Waals surface area contributed by atoms with Crippen LogP contribution in [0.25, 0.3) is 0 Å². The van der Waals surface area contributed by atoms with E-state index in [2.05, 4.69) is 0 Å². The molecule has 0 saturated heterocycles. The molecule has 0 spiro atoms. The Labute approximate surface area is 166 Å². The maximum absolute atomic E-state index is 12.2. The van der Waals surface area contributed by atoms with Gasteiger partial charge in [0.25, 0.3) is 5.69 Å². The molecule has 29 heavy (non-hydrogen) atoms. The first-order chi connectivity index (χ1) is 13.9. The molecule has 0 saturated carbocycles. The molecule has 7 heteroatoms. The molecule has 146 valence electrons. The molecule has 0 fully saturated rings. The number of nitrogens with zero attached hydrogens (tertiary/aromatic N) is 1. The van der Waals surface area contributed by atoms with Gasteiger partial charge in [-0.25, -0.2) is 4.79 Å². The zero-order valence-corrected chi connectivity index (χ0v) is 15.5. The van der Waals surface area contributed by atoms with Gasteiger partial charge in [-0.1, -0.05) is 17.7 Å². The highest BCUT2D eigenvalue weighted by Crippen LogP contribution is 2.24. The van der Waals surface area contributed by atoms with E-state index in [1.54, 1.807) is 48.5 Å². The third kappa shape index (κ3) is 5.26. The fourth-order valence-corrected chi connectivity index (χ4v) is 2.47. The van der Waals surface area contributed by atoms with E-state index >= 15 is 0 Å². The van der Waals surface area contributed by atoms with E-state index in [1.807, 2.05) is 6.92 Å². The smallest absolute Gasteiger partial charge is 0.338 e. The zero-order chi connectivity index (χ0) is 20.8. The Morgan fingerprint density at radius 1 is 0.828 bits per heavy atom. The molecule has 0 atom stereocenters. The van der Waals surface area contributed by atoms with Crippen LogP contribution in [0.15, 0.2) is 72.8 Å². The molecule has 3 aromatic carbocycles. The summed E-state index contributed by atoms with van der Waals surface area (Å²) >= 11 is 0. The average Bonchev–Trinajstić information content (AvgIpc) is 2.73. The van der Waals surface area contributed by atoms with Gasteiger partial charge in [-0.2, -0.15) is 0 Å². The second-order valence-electron chi connectivity index (χ2n) is 6.24. The van der Waals surface area contributed by atoms with E-state index in [1.165, 1.54) is 24.3 Å². The molecule has 0 amide bonds. The molecule has 0 bridgehead atoms. The Balaban J connectivity index is 1.56. The lowest BCUT2D eigenvalue weighted by molar-refractivity contribution is -0.384. The van der Waals surface area contributed by atoms with E-state index in [9.17, 15) is 19.7 Å². The Morgan fingerprint density at radius 2 is 1.34 bits per heavy atom. The van der Waals surface area contributed by atoms with Crippen molar-refractivity contribution < 1.29 is 24.0 Å². The molecule has 3 rings (SSSR count). The average molecular weight is 391 g/mol. The minimum absolute atomic E-state index is 0.0292. The molecule has 0 aliphatic heterocycles. The molecular weight excluding hydrogens is 374 g/mol. The third-order valence-corrected chi connectivity index (χ3v) is 4.08. The lowest BCUT2D eigenvalue weighted by Crippen LogP contribution is -2.14. The van der Waals surface area contributed by atoms with E-state index in [0.717, 1.165) is 5.56 Å². The molecule has 0 heterocycles. The Bertz CT molecular complexity index is 1020. The highest BCUT2D eigenvalue weighted by atomic mass is 16.6. The predicted octanol–water partition coefficient (Wildman–Crippen LogP) is 4.74. The van der Waals surface area contributed by atoms with Crippen LogP contribution in [0.5, 0.6) is 11.5 Å². The summed E-state index contributed by atoms with van der Waals surface area (Å²) in [6, 6.07) is 18.8. The van der Waals surface area contributed by atoms with Gasteiger partial charge in [0, 0.05) is 17.7 Å². The minimum atomic E-state index is -0.559. The van der Waals surface area contributed by atoms with Gasteiger partial charge in [0.15, 0.2) is 12.4 Å². The number of ether oxygens (including phenoxy) is 2. The van der Waals surface area contributed by atoms with E-state index < -0.39 is 10.9 Å². The van der Waals surface area contributed by atoms with Crippen LogP contribution in [-0.4, -0.2) is 23.3 Å². The number of Topliss-reactive ketones (excluding diaryl/α,β-unsaturated/α-hetero) is 1. The van der Waals surface area contributed by atoms with Gasteiger partial charge in [-0.05, 0) is 55.5 Å². The number of nitro benzene ring substituents is 1. The predicted molar refractivity (Wildman–Crippen MR) is 105 cm³/mol. The fraction of sp³-hybridized carbons (Fsp3) is 0.0909. The van der Waals surface area contributed by atoms with Gasteiger partial charge in [0.05, 0.1) is 10.5 Å². The monoisotopic (exact) mass is 391 g/mol. The van der Waals surface area contributed by atoms with Gasteiger partial charge < -0.3 is 9.47 Å². The Hall–Kier alpha value is -4.00. The van der Waals surface area contributed by atoms with E-state index in [-0.39, 0.29) is 18.1 Å². The second-order valence-corrected chi connectivity index (χ2v) is 6.24. The van der Waals surface area contributed by atoms with Crippen molar-refractivity contribution in [1.82, 2.24) is 0 Å². The number of benzene rings is 3. The number of ketones is 1. The number of carbonyl (C=O) groups is 2. The summed E-state index contributed by atoms with van der Waals surface area (Å²) < 4.78 is 10.7. The summed E-state index contributed by atoms with van der Waals surface area (Å²) in [6.45, 7) is 1.54. The van der Waals surface area contributed by atoms with Crippen LogP contribution in [0.3, 0.4) is 0 Å². The van der Waals surface area contributed by atoms with Crippen molar-refractivity contribution in [2.24, 2.45) is 0 Å². The van der Waals surface area contributed by atoms with Gasteiger partial charge in [0.1, 0.15) is 11.5 Å². The first-order valence-corrected chi connectivity index (χ1v) is 8.72. The Kier molecular flexibility index (Phi) is 5.99. The maximum Gasteiger partial charge on any atom is 0.338 e. The topological polar surface area (TPSA) is 95.7 Å². The first-order valence-electron chi connectivity index (χ1n) is 8.72. The molecule has 0 N–H and O–H groups in total. The van der Waals surface area contributed by atoms with Crippen LogP contribution in [0, 0.1) is 17.0 Å². The molecule has 0 radical (unpaired) electrons. The lowest BCUT2D eigenvalue weighted by Gasteiger charge is -2.07. The number of rotatable bonds is 7. The molecule has 7 nitrogen and oxygen atoms in total. The van der Waals surface area contributed by atoms with E-state index in [4.69, 9.17) is 9.47 Å². The molecule has 0 aliphatic carbocycles. The number of hydrogen-bond donors (Lipinski definition) is 0. The quantitative estimate of drug-likeness (QED) is 0.250. The van der Waals surface area contributed by atoms with Crippen LogP contribution < -0.4 is 4.74 Å². The first kappa shape index (κ1) is 19.8. The molecule has 0 aromatic heterocycles. The highest BCUT2D eigenvalue weighted by molar-refractivity contribution is 5.99. The number of aryl methyl sites for hydroxylation is 1.